The Kier molecular flexibility index (Phi) is 5.79. The first-order chi connectivity index (χ1) is 8.70. The van der Waals surface area contributed by atoms with Gasteiger partial charge in [-0.25, -0.2) is 0 Å². The summed E-state index contributed by atoms with van der Waals surface area (Å²) in [7, 11) is 1.41. The van der Waals surface area contributed by atoms with Gasteiger partial charge in [0, 0.05) is 17.6 Å². The van der Waals surface area contributed by atoms with Gasteiger partial charge >= 0.3 is 6.18 Å². The quantitative estimate of drug-likeness (QED) is 0.863. The van der Waals surface area contributed by atoms with Gasteiger partial charge in [-0.3, -0.25) is 0 Å². The lowest BCUT2D eigenvalue weighted by atomic mass is 10.1. The van der Waals surface area contributed by atoms with Crippen molar-refractivity contribution in [2.45, 2.75) is 18.4 Å². The maximum atomic E-state index is 12.2. The van der Waals surface area contributed by atoms with E-state index in [9.17, 15) is 18.3 Å². The molecule has 0 saturated heterocycles. The SMILES string of the molecule is CN(CC(O)c1ccc(Br)cc1)CC(O)C(F)(F)F. The number of likely N-dealkylation sites (N-methyl/N-ethyl adjacent to an activating group) is 1. The molecule has 0 bridgehead atoms. The minimum absolute atomic E-state index is 0.00870. The first kappa shape index (κ1) is 16.4. The molecule has 3 nitrogen and oxygen atoms in total. The fraction of sp³-hybridized carbons (Fsp3) is 0.500. The van der Waals surface area contributed by atoms with Crippen LogP contribution in [0.5, 0.6) is 0 Å². The van der Waals surface area contributed by atoms with Crippen molar-refractivity contribution in [3.05, 3.63) is 34.3 Å². The Hall–Kier alpha value is -0.630. The molecule has 0 aliphatic rings. The second-order valence-corrected chi connectivity index (χ2v) is 5.26. The number of alkyl halides is 3. The van der Waals surface area contributed by atoms with Crippen LogP contribution in [0.15, 0.2) is 28.7 Å². The van der Waals surface area contributed by atoms with Crippen molar-refractivity contribution in [1.29, 1.82) is 0 Å². The van der Waals surface area contributed by atoms with Crippen molar-refractivity contribution < 1.29 is 23.4 Å². The maximum absolute atomic E-state index is 12.2. The Morgan fingerprint density at radius 2 is 1.68 bits per heavy atom. The zero-order valence-corrected chi connectivity index (χ0v) is 11.8. The van der Waals surface area contributed by atoms with Gasteiger partial charge in [0.25, 0.3) is 0 Å². The zero-order valence-electron chi connectivity index (χ0n) is 10.2. The summed E-state index contributed by atoms with van der Waals surface area (Å²) in [6, 6.07) is 6.85. The number of rotatable bonds is 5. The number of aliphatic hydroxyl groups excluding tert-OH is 2. The van der Waals surface area contributed by atoms with E-state index in [0.29, 0.717) is 5.56 Å². The van der Waals surface area contributed by atoms with Crippen LogP contribution in [0.4, 0.5) is 13.2 Å². The molecule has 2 N–H and O–H groups in total. The van der Waals surface area contributed by atoms with Crippen molar-refractivity contribution in [3.8, 4) is 0 Å². The summed E-state index contributed by atoms with van der Waals surface area (Å²) < 4.78 is 37.4. The Morgan fingerprint density at radius 3 is 2.16 bits per heavy atom. The molecule has 108 valence electrons. The van der Waals surface area contributed by atoms with Gasteiger partial charge in [-0.05, 0) is 24.7 Å². The largest absolute Gasteiger partial charge is 0.415 e. The highest BCUT2D eigenvalue weighted by molar-refractivity contribution is 9.10. The molecule has 0 fully saturated rings. The van der Waals surface area contributed by atoms with E-state index in [1.165, 1.54) is 11.9 Å². The highest BCUT2D eigenvalue weighted by atomic mass is 79.9. The average molecular weight is 342 g/mol. The van der Waals surface area contributed by atoms with E-state index in [2.05, 4.69) is 15.9 Å². The summed E-state index contributed by atoms with van der Waals surface area (Å²) >= 11 is 3.25. The lowest BCUT2D eigenvalue weighted by Crippen LogP contribution is -2.40. The maximum Gasteiger partial charge on any atom is 0.415 e. The number of halogens is 4. The minimum atomic E-state index is -4.64. The Balaban J connectivity index is 2.52. The van der Waals surface area contributed by atoms with Gasteiger partial charge in [0.05, 0.1) is 6.10 Å². The van der Waals surface area contributed by atoms with Crippen molar-refractivity contribution in [1.82, 2.24) is 4.90 Å². The molecule has 0 radical (unpaired) electrons. The Morgan fingerprint density at radius 1 is 1.16 bits per heavy atom. The fourth-order valence-electron chi connectivity index (χ4n) is 1.56. The van der Waals surface area contributed by atoms with Crippen LogP contribution >= 0.6 is 15.9 Å². The molecule has 0 aliphatic heterocycles. The first-order valence-electron chi connectivity index (χ1n) is 5.57. The molecule has 0 saturated carbocycles. The molecule has 7 heteroatoms. The predicted octanol–water partition coefficient (Wildman–Crippen LogP) is 2.34. The van der Waals surface area contributed by atoms with Gasteiger partial charge in [-0.2, -0.15) is 13.2 Å². The molecule has 2 unspecified atom stereocenters. The second-order valence-electron chi connectivity index (χ2n) is 4.35. The standard InChI is InChI=1S/C12H15BrF3NO2/c1-17(7-11(19)12(14,15)16)6-10(18)8-2-4-9(13)5-3-8/h2-5,10-11,18-19H,6-7H2,1H3. The van der Waals surface area contributed by atoms with E-state index in [1.807, 2.05) is 0 Å². The van der Waals surface area contributed by atoms with Crippen LogP contribution in [-0.2, 0) is 0 Å². The van der Waals surface area contributed by atoms with Gasteiger partial charge in [0.2, 0.25) is 0 Å². The van der Waals surface area contributed by atoms with Crippen LogP contribution in [-0.4, -0.2) is 47.5 Å². The average Bonchev–Trinajstić information content (AvgIpc) is 2.28. The van der Waals surface area contributed by atoms with Crippen molar-refractivity contribution in [3.63, 3.8) is 0 Å². The van der Waals surface area contributed by atoms with Gasteiger partial charge < -0.3 is 15.1 Å². The number of hydrogen-bond donors (Lipinski definition) is 2. The van der Waals surface area contributed by atoms with Gasteiger partial charge in [-0.1, -0.05) is 28.1 Å². The fourth-order valence-corrected chi connectivity index (χ4v) is 1.82. The molecule has 1 aromatic carbocycles. The summed E-state index contributed by atoms with van der Waals surface area (Å²) in [6.45, 7) is -0.564. The third-order valence-electron chi connectivity index (χ3n) is 2.60. The number of hydrogen-bond acceptors (Lipinski definition) is 3. The predicted molar refractivity (Wildman–Crippen MR) is 68.7 cm³/mol. The first-order valence-corrected chi connectivity index (χ1v) is 6.36. The smallest absolute Gasteiger partial charge is 0.387 e. The summed E-state index contributed by atoms with van der Waals surface area (Å²) in [5.74, 6) is 0. The second kappa shape index (κ2) is 6.69. The summed E-state index contributed by atoms with van der Waals surface area (Å²) in [6.07, 6.45) is -7.95. The van der Waals surface area contributed by atoms with E-state index in [-0.39, 0.29) is 6.54 Å². The summed E-state index contributed by atoms with van der Waals surface area (Å²) in [5.41, 5.74) is 0.608. The molecule has 1 rings (SSSR count). The monoisotopic (exact) mass is 341 g/mol. The Bertz CT molecular complexity index is 397. The van der Waals surface area contributed by atoms with Gasteiger partial charge in [0.1, 0.15) is 0 Å². The normalized spacial score (nSPS) is 15.6. The minimum Gasteiger partial charge on any atom is -0.387 e. The molecular formula is C12H15BrF3NO2. The van der Waals surface area contributed by atoms with Crippen LogP contribution < -0.4 is 0 Å². The van der Waals surface area contributed by atoms with Crippen LogP contribution in [0.2, 0.25) is 0 Å². The van der Waals surface area contributed by atoms with Gasteiger partial charge in [0.15, 0.2) is 6.10 Å². The third-order valence-corrected chi connectivity index (χ3v) is 3.13. The molecule has 0 aliphatic carbocycles. The lowest BCUT2D eigenvalue weighted by Gasteiger charge is -2.24. The molecule has 1 aromatic rings. The Labute approximate surface area is 117 Å². The van der Waals surface area contributed by atoms with Gasteiger partial charge in [-0.15, -0.1) is 0 Å². The number of aliphatic hydroxyl groups is 2. The molecule has 2 atom stereocenters. The molecule has 0 spiro atoms. The van der Waals surface area contributed by atoms with E-state index in [4.69, 9.17) is 5.11 Å². The van der Waals surface area contributed by atoms with Crippen molar-refractivity contribution in [2.75, 3.05) is 20.1 Å². The zero-order chi connectivity index (χ0) is 14.6. The van der Waals surface area contributed by atoms with Crippen molar-refractivity contribution in [2.24, 2.45) is 0 Å². The van der Waals surface area contributed by atoms with Crippen LogP contribution in [0.1, 0.15) is 11.7 Å². The van der Waals surface area contributed by atoms with Crippen molar-refractivity contribution >= 4 is 15.9 Å². The molecule has 0 amide bonds. The highest BCUT2D eigenvalue weighted by Crippen LogP contribution is 2.22. The summed E-state index contributed by atoms with van der Waals surface area (Å²) in [4.78, 5) is 1.24. The van der Waals surface area contributed by atoms with Crippen LogP contribution in [0.25, 0.3) is 0 Å². The number of nitrogens with zero attached hydrogens (tertiary/aromatic N) is 1. The highest BCUT2D eigenvalue weighted by Gasteiger charge is 2.38. The van der Waals surface area contributed by atoms with E-state index in [0.717, 1.165) is 4.47 Å². The summed E-state index contributed by atoms with van der Waals surface area (Å²) in [5, 5.41) is 18.8. The molecule has 19 heavy (non-hydrogen) atoms. The van der Waals surface area contributed by atoms with E-state index in [1.54, 1.807) is 24.3 Å². The third kappa shape index (κ3) is 5.48. The van der Waals surface area contributed by atoms with E-state index < -0.39 is 24.9 Å². The lowest BCUT2D eigenvalue weighted by molar-refractivity contribution is -0.207. The molecule has 0 aromatic heterocycles. The van der Waals surface area contributed by atoms with Crippen LogP contribution in [0, 0.1) is 0 Å². The van der Waals surface area contributed by atoms with E-state index >= 15 is 0 Å². The number of benzene rings is 1. The topological polar surface area (TPSA) is 43.7 Å². The van der Waals surface area contributed by atoms with Crippen LogP contribution in [0.3, 0.4) is 0 Å². The molecule has 0 heterocycles. The molecular weight excluding hydrogens is 327 g/mol.